The van der Waals surface area contributed by atoms with E-state index < -0.39 is 0 Å². The summed E-state index contributed by atoms with van der Waals surface area (Å²) in [6.45, 7) is 11.7. The van der Waals surface area contributed by atoms with Crippen LogP contribution in [0.25, 0.3) is 0 Å². The van der Waals surface area contributed by atoms with Gasteiger partial charge in [-0.2, -0.15) is 0 Å². The summed E-state index contributed by atoms with van der Waals surface area (Å²) in [5.41, 5.74) is 1.31. The Kier molecular flexibility index (Phi) is 4.61. The van der Waals surface area contributed by atoms with E-state index in [9.17, 15) is 9.90 Å². The minimum Gasteiger partial charge on any atom is -0.507 e. The number of aryl methyl sites for hydroxylation is 1. The van der Waals surface area contributed by atoms with Crippen LogP contribution in [0.5, 0.6) is 11.5 Å². The van der Waals surface area contributed by atoms with Gasteiger partial charge >= 0.3 is 5.97 Å². The minimum absolute atomic E-state index is 0.118. The van der Waals surface area contributed by atoms with Crippen LogP contribution in [-0.2, 0) is 10.2 Å². The molecule has 0 saturated carbocycles. The number of benzene rings is 1. The van der Waals surface area contributed by atoms with E-state index in [0.717, 1.165) is 17.5 Å². The fraction of sp³-hybridized carbons (Fsp3) is 0.562. The first-order valence-electron chi connectivity index (χ1n) is 6.72. The molecule has 1 aromatic rings. The predicted octanol–water partition coefficient (Wildman–Crippen LogP) is 3.95. The van der Waals surface area contributed by atoms with E-state index in [0.29, 0.717) is 5.75 Å². The van der Waals surface area contributed by atoms with Gasteiger partial charge in [-0.1, -0.05) is 34.6 Å². The Bertz CT molecular complexity index is 470. The van der Waals surface area contributed by atoms with E-state index in [1.54, 1.807) is 12.1 Å². The molecule has 0 fully saturated rings. The number of ether oxygens (including phenoxy) is 1. The highest BCUT2D eigenvalue weighted by Gasteiger charge is 2.22. The minimum atomic E-state index is -0.229. The van der Waals surface area contributed by atoms with Gasteiger partial charge in [0.2, 0.25) is 0 Å². The second-order valence-corrected chi connectivity index (χ2v) is 6.12. The lowest BCUT2D eigenvalue weighted by Gasteiger charge is -2.22. The van der Waals surface area contributed by atoms with Crippen LogP contribution >= 0.6 is 0 Å². The number of carbonyl (C=O) groups excluding carboxylic acids is 1. The lowest BCUT2D eigenvalue weighted by Crippen LogP contribution is -2.18. The summed E-state index contributed by atoms with van der Waals surface area (Å²) < 4.78 is 5.39. The van der Waals surface area contributed by atoms with E-state index >= 15 is 0 Å². The molecule has 0 bridgehead atoms. The van der Waals surface area contributed by atoms with Crippen LogP contribution in [0.3, 0.4) is 0 Å². The third-order valence-corrected chi connectivity index (χ3v) is 3.32. The summed E-state index contributed by atoms with van der Waals surface area (Å²) in [5.74, 6) is 0.431. The zero-order chi connectivity index (χ0) is 14.8. The fourth-order valence-electron chi connectivity index (χ4n) is 1.76. The van der Waals surface area contributed by atoms with Crippen LogP contribution in [0, 0.1) is 12.8 Å². The zero-order valence-electron chi connectivity index (χ0n) is 12.7. The summed E-state index contributed by atoms with van der Waals surface area (Å²) in [4.78, 5) is 11.8. The van der Waals surface area contributed by atoms with Crippen molar-refractivity contribution in [3.63, 3.8) is 0 Å². The zero-order valence-corrected chi connectivity index (χ0v) is 12.7. The van der Waals surface area contributed by atoms with Crippen molar-refractivity contribution >= 4 is 5.97 Å². The van der Waals surface area contributed by atoms with Gasteiger partial charge < -0.3 is 9.84 Å². The van der Waals surface area contributed by atoms with E-state index in [2.05, 4.69) is 0 Å². The first kappa shape index (κ1) is 15.5. The molecule has 1 N–H and O–H groups in total. The molecule has 0 saturated heterocycles. The largest absolute Gasteiger partial charge is 0.507 e. The van der Waals surface area contributed by atoms with Gasteiger partial charge in [0.15, 0.2) is 0 Å². The van der Waals surface area contributed by atoms with Gasteiger partial charge in [0, 0.05) is 5.56 Å². The average Bonchev–Trinajstić information content (AvgIpc) is 2.30. The van der Waals surface area contributed by atoms with Gasteiger partial charge in [-0.15, -0.1) is 0 Å². The monoisotopic (exact) mass is 264 g/mol. The van der Waals surface area contributed by atoms with Crippen molar-refractivity contribution in [3.05, 3.63) is 23.3 Å². The third-order valence-electron chi connectivity index (χ3n) is 3.32. The van der Waals surface area contributed by atoms with Gasteiger partial charge in [-0.25, -0.2) is 0 Å². The maximum Gasteiger partial charge on any atom is 0.314 e. The summed E-state index contributed by atoms with van der Waals surface area (Å²) in [6.07, 6.45) is 0.752. The van der Waals surface area contributed by atoms with E-state index in [-0.39, 0.29) is 23.1 Å². The first-order chi connectivity index (χ1) is 8.66. The Morgan fingerprint density at radius 2 is 1.95 bits per heavy atom. The number of hydrogen-bond acceptors (Lipinski definition) is 3. The first-order valence-corrected chi connectivity index (χ1v) is 6.72. The quantitative estimate of drug-likeness (QED) is 0.664. The molecular formula is C16H24O3. The number of phenols is 1. The highest BCUT2D eigenvalue weighted by atomic mass is 16.5. The van der Waals surface area contributed by atoms with Crippen LogP contribution < -0.4 is 4.74 Å². The van der Waals surface area contributed by atoms with Gasteiger partial charge in [0.25, 0.3) is 0 Å². The maximum atomic E-state index is 11.8. The summed E-state index contributed by atoms with van der Waals surface area (Å²) in [7, 11) is 0. The molecule has 0 amide bonds. The van der Waals surface area contributed by atoms with Crippen molar-refractivity contribution in [2.24, 2.45) is 5.92 Å². The van der Waals surface area contributed by atoms with Crippen LogP contribution in [0.1, 0.15) is 52.2 Å². The van der Waals surface area contributed by atoms with Crippen molar-refractivity contribution in [2.75, 3.05) is 0 Å². The van der Waals surface area contributed by atoms with Gasteiger partial charge in [-0.05, 0) is 36.5 Å². The molecular weight excluding hydrogens is 240 g/mol. The van der Waals surface area contributed by atoms with Crippen LogP contribution in [0.2, 0.25) is 0 Å². The van der Waals surface area contributed by atoms with Crippen molar-refractivity contribution in [3.8, 4) is 11.5 Å². The highest BCUT2D eigenvalue weighted by Crippen LogP contribution is 2.36. The van der Waals surface area contributed by atoms with Crippen molar-refractivity contribution < 1.29 is 14.6 Å². The van der Waals surface area contributed by atoms with Crippen LogP contribution in [0.15, 0.2) is 12.1 Å². The highest BCUT2D eigenvalue weighted by molar-refractivity contribution is 5.75. The number of hydrogen-bond donors (Lipinski definition) is 1. The molecule has 1 atom stereocenters. The Balaban J connectivity index is 3.11. The Morgan fingerprint density at radius 3 is 2.42 bits per heavy atom. The molecule has 0 aliphatic carbocycles. The van der Waals surface area contributed by atoms with E-state index in [4.69, 9.17) is 4.74 Å². The number of carbonyl (C=O) groups is 1. The molecule has 19 heavy (non-hydrogen) atoms. The molecule has 0 aliphatic heterocycles. The summed E-state index contributed by atoms with van der Waals surface area (Å²) in [5, 5.41) is 10.1. The van der Waals surface area contributed by atoms with Crippen LogP contribution in [0.4, 0.5) is 0 Å². The molecule has 1 rings (SSSR count). The molecule has 0 aliphatic rings. The fourth-order valence-corrected chi connectivity index (χ4v) is 1.76. The number of phenolic OH excluding ortho intramolecular Hbond substituents is 1. The number of esters is 1. The molecule has 0 spiro atoms. The average molecular weight is 264 g/mol. The van der Waals surface area contributed by atoms with Crippen molar-refractivity contribution in [2.45, 2.75) is 53.4 Å². The van der Waals surface area contributed by atoms with Crippen molar-refractivity contribution in [1.29, 1.82) is 0 Å². The van der Waals surface area contributed by atoms with E-state index in [1.165, 1.54) is 0 Å². The second kappa shape index (κ2) is 5.64. The maximum absolute atomic E-state index is 11.8. The molecule has 1 aromatic carbocycles. The third kappa shape index (κ3) is 3.72. The second-order valence-electron chi connectivity index (χ2n) is 6.12. The Morgan fingerprint density at radius 1 is 1.37 bits per heavy atom. The topological polar surface area (TPSA) is 46.5 Å². The predicted molar refractivity (Wildman–Crippen MR) is 76.6 cm³/mol. The molecule has 1 unspecified atom stereocenters. The molecule has 0 aromatic heterocycles. The van der Waals surface area contributed by atoms with Gasteiger partial charge in [0.1, 0.15) is 11.5 Å². The number of aromatic hydroxyl groups is 1. The summed E-state index contributed by atoms with van der Waals surface area (Å²) in [6, 6.07) is 3.45. The van der Waals surface area contributed by atoms with Gasteiger partial charge in [-0.3, -0.25) is 4.79 Å². The molecule has 3 heteroatoms. The lowest BCUT2D eigenvalue weighted by atomic mass is 9.85. The lowest BCUT2D eigenvalue weighted by molar-refractivity contribution is -0.138. The standard InChI is InChI=1S/C16H24O3/c1-7-10(2)15(18)19-12-8-11(3)14(17)13(9-12)16(4,5)6/h8-10,17H,7H2,1-6H3. The summed E-state index contributed by atoms with van der Waals surface area (Å²) >= 11 is 0. The SMILES string of the molecule is CCC(C)C(=O)Oc1cc(C)c(O)c(C(C)(C)C)c1. The van der Waals surface area contributed by atoms with Crippen molar-refractivity contribution in [1.82, 2.24) is 0 Å². The normalized spacial score (nSPS) is 13.2. The van der Waals surface area contributed by atoms with Crippen LogP contribution in [-0.4, -0.2) is 11.1 Å². The molecule has 3 nitrogen and oxygen atoms in total. The molecule has 0 radical (unpaired) electrons. The number of rotatable bonds is 3. The molecule has 106 valence electrons. The Hall–Kier alpha value is -1.51. The smallest absolute Gasteiger partial charge is 0.314 e. The van der Waals surface area contributed by atoms with E-state index in [1.807, 2.05) is 41.5 Å². The molecule has 0 heterocycles. The Labute approximate surface area is 115 Å². The van der Waals surface area contributed by atoms with Gasteiger partial charge in [0.05, 0.1) is 5.92 Å².